The summed E-state index contributed by atoms with van der Waals surface area (Å²) in [5, 5.41) is 11.0. The van der Waals surface area contributed by atoms with Crippen LogP contribution in [-0.2, 0) is 13.5 Å². The average Bonchev–Trinajstić information content (AvgIpc) is 3.05. The number of carbonyl (C=O) groups excluding carboxylic acids is 1. The summed E-state index contributed by atoms with van der Waals surface area (Å²) in [6.07, 6.45) is 3.05. The first-order valence-corrected chi connectivity index (χ1v) is 7.97. The van der Waals surface area contributed by atoms with E-state index in [0.717, 1.165) is 24.4 Å². The van der Waals surface area contributed by atoms with Gasteiger partial charge in [-0.15, -0.1) is 0 Å². The molecule has 7 nitrogen and oxygen atoms in total. The maximum atomic E-state index is 12.4. The molecule has 0 unspecified atom stereocenters. The van der Waals surface area contributed by atoms with E-state index in [9.17, 15) is 4.79 Å². The van der Waals surface area contributed by atoms with Crippen molar-refractivity contribution >= 4 is 5.91 Å². The molecule has 0 radical (unpaired) electrons. The second-order valence-corrected chi connectivity index (χ2v) is 6.68. The maximum Gasteiger partial charge on any atom is 0.290 e. The van der Waals surface area contributed by atoms with Crippen molar-refractivity contribution in [3.63, 3.8) is 0 Å². The highest BCUT2D eigenvalue weighted by atomic mass is 16.5. The third kappa shape index (κ3) is 4.64. The highest BCUT2D eigenvalue weighted by Gasteiger charge is 2.23. The molecule has 0 aliphatic rings. The first kappa shape index (κ1) is 17.2. The third-order valence-electron chi connectivity index (χ3n) is 3.47. The lowest BCUT2D eigenvalue weighted by atomic mass is 10.0. The van der Waals surface area contributed by atoms with Crippen molar-refractivity contribution in [2.45, 2.75) is 46.6 Å². The highest BCUT2D eigenvalue weighted by Crippen LogP contribution is 2.20. The van der Waals surface area contributed by atoms with Crippen LogP contribution >= 0.6 is 0 Å². The minimum absolute atomic E-state index is 0.214. The quantitative estimate of drug-likeness (QED) is 0.847. The first-order valence-electron chi connectivity index (χ1n) is 7.97. The molecular weight excluding hydrogens is 294 g/mol. The molecule has 1 atom stereocenters. The van der Waals surface area contributed by atoms with Gasteiger partial charge in [-0.3, -0.25) is 9.48 Å². The fourth-order valence-corrected chi connectivity index (χ4v) is 2.48. The molecule has 0 bridgehead atoms. The molecule has 0 aliphatic heterocycles. The summed E-state index contributed by atoms with van der Waals surface area (Å²) in [6.45, 7) is 8.40. The van der Waals surface area contributed by atoms with Crippen LogP contribution in [0.1, 0.15) is 62.2 Å². The smallest absolute Gasteiger partial charge is 0.290 e. The fourth-order valence-electron chi connectivity index (χ4n) is 2.48. The van der Waals surface area contributed by atoms with E-state index in [1.807, 2.05) is 7.05 Å². The predicted molar refractivity (Wildman–Crippen MR) is 85.7 cm³/mol. The number of nitrogens with zero attached hydrogens (tertiary/aromatic N) is 4. The average molecular weight is 319 g/mol. The van der Waals surface area contributed by atoms with E-state index in [-0.39, 0.29) is 17.7 Å². The van der Waals surface area contributed by atoms with Crippen LogP contribution in [0.15, 0.2) is 16.9 Å². The summed E-state index contributed by atoms with van der Waals surface area (Å²) >= 11 is 0. The molecule has 2 rings (SSSR count). The zero-order chi connectivity index (χ0) is 17.0. The summed E-state index contributed by atoms with van der Waals surface area (Å²) in [6, 6.07) is 1.49. The highest BCUT2D eigenvalue weighted by molar-refractivity contribution is 5.91. The first-order chi connectivity index (χ1) is 10.9. The van der Waals surface area contributed by atoms with E-state index in [4.69, 9.17) is 4.52 Å². The lowest BCUT2D eigenvalue weighted by molar-refractivity contribution is 0.0891. The fraction of sp³-hybridized carbons (Fsp3) is 0.625. The Morgan fingerprint density at radius 2 is 2.04 bits per heavy atom. The molecule has 2 heterocycles. The number of hydrogen-bond acceptors (Lipinski definition) is 5. The topological polar surface area (TPSA) is 85.8 Å². The van der Waals surface area contributed by atoms with E-state index >= 15 is 0 Å². The molecule has 23 heavy (non-hydrogen) atoms. The number of carbonyl (C=O) groups is 1. The van der Waals surface area contributed by atoms with Gasteiger partial charge < -0.3 is 9.84 Å². The largest absolute Gasteiger partial charge is 0.351 e. The Balaban J connectivity index is 2.11. The molecule has 0 aromatic carbocycles. The van der Waals surface area contributed by atoms with Crippen molar-refractivity contribution in [3.05, 3.63) is 29.7 Å². The molecule has 1 N–H and O–H groups in total. The van der Waals surface area contributed by atoms with Crippen LogP contribution in [-0.4, -0.2) is 25.8 Å². The molecule has 2 aromatic rings. The van der Waals surface area contributed by atoms with Crippen molar-refractivity contribution in [2.24, 2.45) is 18.9 Å². The Kier molecular flexibility index (Phi) is 5.52. The maximum absolute atomic E-state index is 12.4. The predicted octanol–water partition coefficient (Wildman–Crippen LogP) is 2.52. The van der Waals surface area contributed by atoms with Gasteiger partial charge in [0.2, 0.25) is 5.76 Å². The molecule has 0 spiro atoms. The van der Waals surface area contributed by atoms with Crippen LogP contribution in [0, 0.1) is 11.8 Å². The van der Waals surface area contributed by atoms with Crippen molar-refractivity contribution in [2.75, 3.05) is 0 Å². The summed E-state index contributed by atoms with van der Waals surface area (Å²) in [4.78, 5) is 16.7. The molecule has 7 heteroatoms. The van der Waals surface area contributed by atoms with Crippen LogP contribution < -0.4 is 5.32 Å². The normalized spacial score (nSPS) is 12.8. The Bertz CT molecular complexity index is 644. The van der Waals surface area contributed by atoms with Crippen molar-refractivity contribution < 1.29 is 9.32 Å². The third-order valence-corrected chi connectivity index (χ3v) is 3.47. The number of amides is 1. The lowest BCUT2D eigenvalue weighted by Crippen LogP contribution is -2.31. The minimum atomic E-state index is -0.277. The van der Waals surface area contributed by atoms with Gasteiger partial charge in [-0.25, -0.2) is 4.98 Å². The molecule has 0 fully saturated rings. The van der Waals surface area contributed by atoms with E-state index in [1.54, 1.807) is 10.7 Å². The number of nitrogens with one attached hydrogen (secondary N) is 1. The Morgan fingerprint density at radius 1 is 1.30 bits per heavy atom. The second kappa shape index (κ2) is 7.39. The summed E-state index contributed by atoms with van der Waals surface area (Å²) < 4.78 is 6.85. The van der Waals surface area contributed by atoms with Gasteiger partial charge in [-0.1, -0.05) is 32.9 Å². The van der Waals surface area contributed by atoms with Gasteiger partial charge in [0, 0.05) is 13.1 Å². The van der Waals surface area contributed by atoms with Crippen LogP contribution in [0.4, 0.5) is 0 Å². The molecule has 0 saturated carbocycles. The Morgan fingerprint density at radius 3 is 2.61 bits per heavy atom. The van der Waals surface area contributed by atoms with Gasteiger partial charge in [0.15, 0.2) is 0 Å². The lowest BCUT2D eigenvalue weighted by Gasteiger charge is -2.19. The van der Waals surface area contributed by atoms with E-state index in [2.05, 4.69) is 48.3 Å². The summed E-state index contributed by atoms with van der Waals surface area (Å²) in [5.41, 5.74) is 0.796. The van der Waals surface area contributed by atoms with Gasteiger partial charge in [-0.2, -0.15) is 5.10 Å². The standard InChI is InChI=1S/C16H25N5O2/c1-10(2)6-12-8-14(23-20-12)16(22)19-13(7-11(3)4)15-17-9-18-21(15)5/h8-11,13H,6-7H2,1-5H3,(H,19,22)/t13-/m0/s1. The van der Waals surface area contributed by atoms with Crippen LogP contribution in [0.5, 0.6) is 0 Å². The SMILES string of the molecule is CC(C)Cc1cc(C(=O)N[C@@H](CC(C)C)c2ncnn2C)on1. The summed E-state index contributed by atoms with van der Waals surface area (Å²) in [7, 11) is 1.82. The van der Waals surface area contributed by atoms with Crippen LogP contribution in [0.25, 0.3) is 0 Å². The van der Waals surface area contributed by atoms with Gasteiger partial charge >= 0.3 is 0 Å². The van der Waals surface area contributed by atoms with Gasteiger partial charge in [0.1, 0.15) is 12.2 Å². The van der Waals surface area contributed by atoms with E-state index in [0.29, 0.717) is 11.8 Å². The molecule has 0 aliphatic carbocycles. The van der Waals surface area contributed by atoms with Crippen molar-refractivity contribution in [1.82, 2.24) is 25.2 Å². The minimum Gasteiger partial charge on any atom is -0.351 e. The zero-order valence-electron chi connectivity index (χ0n) is 14.4. The van der Waals surface area contributed by atoms with Crippen molar-refractivity contribution in [3.8, 4) is 0 Å². The van der Waals surface area contributed by atoms with Crippen molar-refractivity contribution in [1.29, 1.82) is 0 Å². The monoisotopic (exact) mass is 319 g/mol. The van der Waals surface area contributed by atoms with Crippen LogP contribution in [0.2, 0.25) is 0 Å². The molecule has 2 aromatic heterocycles. The number of hydrogen-bond donors (Lipinski definition) is 1. The Hall–Kier alpha value is -2.18. The van der Waals surface area contributed by atoms with E-state index in [1.165, 1.54) is 6.33 Å². The van der Waals surface area contributed by atoms with Crippen LogP contribution in [0.3, 0.4) is 0 Å². The number of rotatable bonds is 7. The number of aromatic nitrogens is 4. The van der Waals surface area contributed by atoms with Gasteiger partial charge in [0.25, 0.3) is 5.91 Å². The number of aryl methyl sites for hydroxylation is 1. The molecule has 126 valence electrons. The van der Waals surface area contributed by atoms with E-state index < -0.39 is 0 Å². The molecule has 0 saturated heterocycles. The second-order valence-electron chi connectivity index (χ2n) is 6.68. The molecular formula is C16H25N5O2. The Labute approximate surface area is 136 Å². The summed E-state index contributed by atoms with van der Waals surface area (Å²) in [5.74, 6) is 1.55. The zero-order valence-corrected chi connectivity index (χ0v) is 14.4. The van der Waals surface area contributed by atoms with Gasteiger partial charge in [0.05, 0.1) is 11.7 Å². The molecule has 1 amide bonds. The van der Waals surface area contributed by atoms with Gasteiger partial charge in [-0.05, 0) is 24.7 Å².